The van der Waals surface area contributed by atoms with Crippen molar-refractivity contribution in [2.75, 3.05) is 25.0 Å². The average molecular weight is 346 g/mol. The Morgan fingerprint density at radius 1 is 1.29 bits per heavy atom. The molecule has 1 fully saturated rings. The Hall–Kier alpha value is -2.11. The summed E-state index contributed by atoms with van der Waals surface area (Å²) < 4.78 is 5.78. The molecular weight excluding hydrogens is 326 g/mol. The van der Waals surface area contributed by atoms with Gasteiger partial charge in [0.1, 0.15) is 5.15 Å². The Bertz CT molecular complexity index is 664. The molecule has 1 aliphatic heterocycles. The third kappa shape index (κ3) is 4.69. The number of carbonyl (C=O) groups is 1. The minimum Gasteiger partial charge on any atom is -0.376 e. The van der Waals surface area contributed by atoms with Crippen molar-refractivity contribution < 1.29 is 9.53 Å². The number of benzene rings is 1. The highest BCUT2D eigenvalue weighted by Crippen LogP contribution is 2.19. The molecule has 6 heteroatoms. The van der Waals surface area contributed by atoms with Crippen LogP contribution in [0.5, 0.6) is 0 Å². The largest absolute Gasteiger partial charge is 0.376 e. The maximum absolute atomic E-state index is 12.3. The van der Waals surface area contributed by atoms with Gasteiger partial charge in [-0.05, 0) is 24.1 Å². The van der Waals surface area contributed by atoms with Crippen molar-refractivity contribution in [3.8, 4) is 0 Å². The van der Waals surface area contributed by atoms with E-state index < -0.39 is 0 Å². The molecule has 1 unspecified atom stereocenters. The number of halogens is 1. The number of carbonyl (C=O) groups excluding carboxylic acids is 1. The van der Waals surface area contributed by atoms with E-state index >= 15 is 0 Å². The maximum atomic E-state index is 12.3. The van der Waals surface area contributed by atoms with Gasteiger partial charge in [-0.25, -0.2) is 9.78 Å². The summed E-state index contributed by atoms with van der Waals surface area (Å²) >= 11 is 5.74. The number of aromatic nitrogens is 1. The number of ether oxygens (including phenoxy) is 1. The lowest BCUT2D eigenvalue weighted by atomic mass is 10.1. The van der Waals surface area contributed by atoms with E-state index in [0.717, 1.165) is 13.0 Å². The highest BCUT2D eigenvalue weighted by molar-refractivity contribution is 6.29. The molecule has 0 radical (unpaired) electrons. The van der Waals surface area contributed by atoms with Crippen molar-refractivity contribution in [3.63, 3.8) is 0 Å². The van der Waals surface area contributed by atoms with E-state index in [1.54, 1.807) is 18.3 Å². The maximum Gasteiger partial charge on any atom is 0.321 e. The Kier molecular flexibility index (Phi) is 5.67. The van der Waals surface area contributed by atoms with Crippen LogP contribution in [0.4, 0.5) is 10.5 Å². The van der Waals surface area contributed by atoms with E-state index in [9.17, 15) is 4.79 Å². The molecule has 3 rings (SSSR count). The first-order chi connectivity index (χ1) is 11.7. The van der Waals surface area contributed by atoms with Crippen LogP contribution in [0.15, 0.2) is 48.7 Å². The fourth-order valence-electron chi connectivity index (χ4n) is 2.72. The van der Waals surface area contributed by atoms with Gasteiger partial charge in [-0.1, -0.05) is 41.9 Å². The third-order valence-corrected chi connectivity index (χ3v) is 4.24. The average Bonchev–Trinajstić information content (AvgIpc) is 3.07. The van der Waals surface area contributed by atoms with Crippen molar-refractivity contribution in [1.29, 1.82) is 0 Å². The van der Waals surface area contributed by atoms with Crippen LogP contribution in [0.2, 0.25) is 5.15 Å². The van der Waals surface area contributed by atoms with Gasteiger partial charge in [-0.2, -0.15) is 0 Å². The first-order valence-corrected chi connectivity index (χ1v) is 8.37. The number of nitrogens with zero attached hydrogens (tertiary/aromatic N) is 2. The summed E-state index contributed by atoms with van der Waals surface area (Å²) in [6.07, 6.45) is 2.51. The second-order valence-corrected chi connectivity index (χ2v) is 6.29. The molecule has 126 valence electrons. The molecule has 2 heterocycles. The molecule has 0 aliphatic carbocycles. The second-order valence-electron chi connectivity index (χ2n) is 5.90. The van der Waals surface area contributed by atoms with Crippen molar-refractivity contribution in [1.82, 2.24) is 9.88 Å². The van der Waals surface area contributed by atoms with Crippen LogP contribution in [-0.4, -0.2) is 35.6 Å². The van der Waals surface area contributed by atoms with Gasteiger partial charge in [0, 0.05) is 19.0 Å². The van der Waals surface area contributed by atoms with E-state index in [4.69, 9.17) is 16.3 Å². The molecule has 5 nitrogen and oxygen atoms in total. The summed E-state index contributed by atoms with van der Waals surface area (Å²) in [5, 5.41) is 3.25. The van der Waals surface area contributed by atoms with Crippen LogP contribution < -0.4 is 5.32 Å². The Morgan fingerprint density at radius 3 is 2.88 bits per heavy atom. The molecule has 1 aromatic heterocycles. The SMILES string of the molecule is O=C(Nc1ccc(Cl)nc1)N1CCC(COCc2ccccc2)C1. The van der Waals surface area contributed by atoms with E-state index in [-0.39, 0.29) is 6.03 Å². The molecule has 1 atom stereocenters. The molecule has 1 saturated heterocycles. The summed E-state index contributed by atoms with van der Waals surface area (Å²) in [4.78, 5) is 18.0. The Balaban J connectivity index is 1.41. The summed E-state index contributed by atoms with van der Waals surface area (Å²) in [6.45, 7) is 2.73. The normalized spacial score (nSPS) is 17.0. The number of rotatable bonds is 5. The highest BCUT2D eigenvalue weighted by Gasteiger charge is 2.26. The van der Waals surface area contributed by atoms with Crippen LogP contribution in [0, 0.1) is 5.92 Å². The van der Waals surface area contributed by atoms with Gasteiger partial charge in [0.2, 0.25) is 0 Å². The lowest BCUT2D eigenvalue weighted by Crippen LogP contribution is -2.33. The number of urea groups is 1. The van der Waals surface area contributed by atoms with E-state index in [1.807, 2.05) is 23.1 Å². The molecule has 24 heavy (non-hydrogen) atoms. The predicted octanol–water partition coefficient (Wildman–Crippen LogP) is 3.81. The molecule has 1 aromatic carbocycles. The molecule has 2 amide bonds. The quantitative estimate of drug-likeness (QED) is 0.838. The molecule has 0 spiro atoms. The van der Waals surface area contributed by atoms with E-state index in [0.29, 0.717) is 36.5 Å². The number of amides is 2. The van der Waals surface area contributed by atoms with Gasteiger partial charge in [0.25, 0.3) is 0 Å². The fraction of sp³-hybridized carbons (Fsp3) is 0.333. The summed E-state index contributed by atoms with van der Waals surface area (Å²) in [7, 11) is 0. The standard InChI is InChI=1S/C18H20ClN3O2/c19-17-7-6-16(10-20-17)21-18(23)22-9-8-15(11-22)13-24-12-14-4-2-1-3-5-14/h1-7,10,15H,8-9,11-13H2,(H,21,23). The molecule has 0 bridgehead atoms. The zero-order valence-corrected chi connectivity index (χ0v) is 14.1. The number of pyridine rings is 1. The van der Waals surface area contributed by atoms with Crippen LogP contribution in [-0.2, 0) is 11.3 Å². The Labute approximate surface area is 146 Å². The van der Waals surface area contributed by atoms with Crippen LogP contribution >= 0.6 is 11.6 Å². The number of hydrogen-bond acceptors (Lipinski definition) is 3. The monoisotopic (exact) mass is 345 g/mol. The van der Waals surface area contributed by atoms with E-state index in [2.05, 4.69) is 22.4 Å². The molecule has 1 aliphatic rings. The summed E-state index contributed by atoms with van der Waals surface area (Å²) in [5.41, 5.74) is 1.81. The summed E-state index contributed by atoms with van der Waals surface area (Å²) in [6, 6.07) is 13.4. The minimum atomic E-state index is -0.107. The first-order valence-electron chi connectivity index (χ1n) is 8.00. The van der Waals surface area contributed by atoms with Gasteiger partial charge in [0.05, 0.1) is 25.1 Å². The summed E-state index contributed by atoms with van der Waals surface area (Å²) in [5.74, 6) is 0.378. The molecular formula is C18H20ClN3O2. The number of nitrogens with one attached hydrogen (secondary N) is 1. The lowest BCUT2D eigenvalue weighted by Gasteiger charge is -2.17. The van der Waals surface area contributed by atoms with Gasteiger partial charge >= 0.3 is 6.03 Å². The second kappa shape index (κ2) is 8.13. The number of likely N-dealkylation sites (tertiary alicyclic amines) is 1. The molecule has 0 saturated carbocycles. The Morgan fingerprint density at radius 2 is 2.12 bits per heavy atom. The minimum absolute atomic E-state index is 0.107. The number of hydrogen-bond donors (Lipinski definition) is 1. The predicted molar refractivity (Wildman–Crippen MR) is 94.0 cm³/mol. The fourth-order valence-corrected chi connectivity index (χ4v) is 2.83. The third-order valence-electron chi connectivity index (χ3n) is 4.02. The van der Waals surface area contributed by atoms with Crippen LogP contribution in [0.3, 0.4) is 0 Å². The highest BCUT2D eigenvalue weighted by atomic mass is 35.5. The van der Waals surface area contributed by atoms with Gasteiger partial charge < -0.3 is 15.0 Å². The topological polar surface area (TPSA) is 54.5 Å². The van der Waals surface area contributed by atoms with Gasteiger partial charge in [-0.3, -0.25) is 0 Å². The van der Waals surface area contributed by atoms with Gasteiger partial charge in [0.15, 0.2) is 0 Å². The van der Waals surface area contributed by atoms with Crippen LogP contribution in [0.25, 0.3) is 0 Å². The van der Waals surface area contributed by atoms with Crippen molar-refractivity contribution >= 4 is 23.3 Å². The van der Waals surface area contributed by atoms with Crippen molar-refractivity contribution in [2.45, 2.75) is 13.0 Å². The zero-order valence-electron chi connectivity index (χ0n) is 13.3. The van der Waals surface area contributed by atoms with Crippen molar-refractivity contribution in [3.05, 3.63) is 59.4 Å². The van der Waals surface area contributed by atoms with Crippen LogP contribution in [0.1, 0.15) is 12.0 Å². The first kappa shape index (κ1) is 16.7. The molecule has 1 N–H and O–H groups in total. The van der Waals surface area contributed by atoms with E-state index in [1.165, 1.54) is 5.56 Å². The van der Waals surface area contributed by atoms with Gasteiger partial charge in [-0.15, -0.1) is 0 Å². The molecule has 2 aromatic rings. The smallest absolute Gasteiger partial charge is 0.321 e. The van der Waals surface area contributed by atoms with Crippen molar-refractivity contribution in [2.24, 2.45) is 5.92 Å². The number of anilines is 1. The zero-order chi connectivity index (χ0) is 16.8. The lowest BCUT2D eigenvalue weighted by molar-refractivity contribution is 0.0900.